The molecule has 0 aliphatic carbocycles. The number of piperidine rings is 1. The first kappa shape index (κ1) is 9.49. The standard InChI is InChI=1S/C10H15NO3/c1-6(2)9-10(13)14-8-5-3-4-7(12)11(8)9/h6,8-9H,3-5H2,1-2H3/t8-,9+/m1/s1. The van der Waals surface area contributed by atoms with E-state index in [1.54, 1.807) is 4.90 Å². The van der Waals surface area contributed by atoms with E-state index in [2.05, 4.69) is 0 Å². The molecule has 1 amide bonds. The molecule has 2 fully saturated rings. The van der Waals surface area contributed by atoms with Gasteiger partial charge in [0.25, 0.3) is 0 Å². The van der Waals surface area contributed by atoms with E-state index >= 15 is 0 Å². The van der Waals surface area contributed by atoms with E-state index in [1.165, 1.54) is 0 Å². The van der Waals surface area contributed by atoms with Crippen molar-refractivity contribution in [2.24, 2.45) is 5.92 Å². The van der Waals surface area contributed by atoms with Crippen LogP contribution < -0.4 is 0 Å². The summed E-state index contributed by atoms with van der Waals surface area (Å²) in [7, 11) is 0. The van der Waals surface area contributed by atoms with Crippen molar-refractivity contribution < 1.29 is 14.3 Å². The maximum atomic E-state index is 11.6. The van der Waals surface area contributed by atoms with Gasteiger partial charge in [0, 0.05) is 12.8 Å². The molecular weight excluding hydrogens is 182 g/mol. The number of amides is 1. The minimum atomic E-state index is -0.354. The molecule has 0 radical (unpaired) electrons. The van der Waals surface area contributed by atoms with Crippen molar-refractivity contribution in [1.29, 1.82) is 0 Å². The summed E-state index contributed by atoms with van der Waals surface area (Å²) in [5.74, 6) is -0.0411. The molecule has 0 spiro atoms. The van der Waals surface area contributed by atoms with Crippen molar-refractivity contribution in [2.45, 2.75) is 45.4 Å². The third kappa shape index (κ3) is 1.29. The Hall–Kier alpha value is -1.06. The van der Waals surface area contributed by atoms with Crippen LogP contribution in [0.3, 0.4) is 0 Å². The highest BCUT2D eigenvalue weighted by molar-refractivity contribution is 5.88. The van der Waals surface area contributed by atoms with E-state index < -0.39 is 0 Å². The zero-order valence-electron chi connectivity index (χ0n) is 8.53. The summed E-state index contributed by atoms with van der Waals surface area (Å²) in [4.78, 5) is 24.8. The number of hydrogen-bond acceptors (Lipinski definition) is 3. The Kier molecular flexibility index (Phi) is 2.21. The molecule has 14 heavy (non-hydrogen) atoms. The van der Waals surface area contributed by atoms with Crippen molar-refractivity contribution in [3.63, 3.8) is 0 Å². The van der Waals surface area contributed by atoms with Crippen LogP contribution in [0.1, 0.15) is 33.1 Å². The number of ether oxygens (including phenoxy) is 1. The Morgan fingerprint density at radius 3 is 2.79 bits per heavy atom. The number of rotatable bonds is 1. The molecular formula is C10H15NO3. The van der Waals surface area contributed by atoms with Crippen LogP contribution in [0, 0.1) is 5.92 Å². The van der Waals surface area contributed by atoms with Crippen molar-refractivity contribution >= 4 is 11.9 Å². The summed E-state index contributed by atoms with van der Waals surface area (Å²) in [6, 6.07) is -0.354. The molecule has 2 atom stereocenters. The molecule has 0 aromatic carbocycles. The molecule has 0 unspecified atom stereocenters. The molecule has 0 aromatic heterocycles. The van der Waals surface area contributed by atoms with Gasteiger partial charge >= 0.3 is 5.97 Å². The Labute approximate surface area is 83.2 Å². The van der Waals surface area contributed by atoms with Crippen LogP contribution in [0.25, 0.3) is 0 Å². The molecule has 2 aliphatic rings. The average Bonchev–Trinajstić information content (AvgIpc) is 2.42. The third-order valence-corrected chi connectivity index (χ3v) is 2.86. The quantitative estimate of drug-likeness (QED) is 0.587. The molecule has 78 valence electrons. The Morgan fingerprint density at radius 2 is 2.14 bits per heavy atom. The fraction of sp³-hybridized carbons (Fsp3) is 0.800. The molecule has 4 heteroatoms. The first-order chi connectivity index (χ1) is 6.61. The zero-order valence-corrected chi connectivity index (χ0v) is 8.53. The van der Waals surface area contributed by atoms with Crippen LogP contribution in [0.4, 0.5) is 0 Å². The summed E-state index contributed by atoms with van der Waals surface area (Å²) in [5.41, 5.74) is 0. The third-order valence-electron chi connectivity index (χ3n) is 2.86. The van der Waals surface area contributed by atoms with Crippen molar-refractivity contribution in [1.82, 2.24) is 4.90 Å². The lowest BCUT2D eigenvalue weighted by Crippen LogP contribution is -2.47. The number of carbonyl (C=O) groups excluding carboxylic acids is 2. The molecule has 2 heterocycles. The minimum Gasteiger partial charge on any atom is -0.440 e. The highest BCUT2D eigenvalue weighted by Crippen LogP contribution is 2.31. The van der Waals surface area contributed by atoms with E-state index in [9.17, 15) is 9.59 Å². The van der Waals surface area contributed by atoms with E-state index in [1.807, 2.05) is 13.8 Å². The Morgan fingerprint density at radius 1 is 1.43 bits per heavy atom. The van der Waals surface area contributed by atoms with Crippen LogP contribution in [-0.4, -0.2) is 29.0 Å². The van der Waals surface area contributed by atoms with Crippen LogP contribution >= 0.6 is 0 Å². The van der Waals surface area contributed by atoms with Crippen molar-refractivity contribution in [3.8, 4) is 0 Å². The SMILES string of the molecule is CC(C)[C@H]1C(=O)O[C@@H]2CCCC(=O)N12. The second-order valence-electron chi connectivity index (χ2n) is 4.27. The largest absolute Gasteiger partial charge is 0.440 e. The van der Waals surface area contributed by atoms with Gasteiger partial charge in [0.05, 0.1) is 0 Å². The number of hydrogen-bond donors (Lipinski definition) is 0. The highest BCUT2D eigenvalue weighted by Gasteiger charge is 2.47. The second-order valence-corrected chi connectivity index (χ2v) is 4.27. The van der Waals surface area contributed by atoms with Crippen molar-refractivity contribution in [3.05, 3.63) is 0 Å². The summed E-state index contributed by atoms with van der Waals surface area (Å²) in [6.07, 6.45) is 1.89. The normalized spacial score (nSPS) is 32.1. The maximum absolute atomic E-state index is 11.6. The smallest absolute Gasteiger partial charge is 0.331 e. The number of esters is 1. The lowest BCUT2D eigenvalue weighted by atomic mass is 10.0. The van der Waals surface area contributed by atoms with Crippen LogP contribution in [-0.2, 0) is 14.3 Å². The van der Waals surface area contributed by atoms with E-state index in [-0.39, 0.29) is 30.1 Å². The van der Waals surface area contributed by atoms with Crippen molar-refractivity contribution in [2.75, 3.05) is 0 Å². The van der Waals surface area contributed by atoms with E-state index in [0.29, 0.717) is 6.42 Å². The molecule has 2 aliphatic heterocycles. The molecule has 0 bridgehead atoms. The molecule has 0 saturated carbocycles. The fourth-order valence-electron chi connectivity index (χ4n) is 2.22. The Bertz CT molecular complexity index is 273. The van der Waals surface area contributed by atoms with Gasteiger partial charge in [-0.05, 0) is 12.3 Å². The number of nitrogens with zero attached hydrogens (tertiary/aromatic N) is 1. The van der Waals surface area contributed by atoms with Gasteiger partial charge in [-0.2, -0.15) is 0 Å². The van der Waals surface area contributed by atoms with Gasteiger partial charge in [-0.3, -0.25) is 9.69 Å². The second kappa shape index (κ2) is 3.26. The first-order valence-electron chi connectivity index (χ1n) is 5.13. The topological polar surface area (TPSA) is 46.6 Å². The maximum Gasteiger partial charge on any atom is 0.331 e. The molecule has 2 rings (SSSR count). The van der Waals surface area contributed by atoms with Gasteiger partial charge in [-0.15, -0.1) is 0 Å². The first-order valence-corrected chi connectivity index (χ1v) is 5.13. The zero-order chi connectivity index (χ0) is 10.3. The van der Waals surface area contributed by atoms with E-state index in [4.69, 9.17) is 4.74 Å². The van der Waals surface area contributed by atoms with Crippen LogP contribution in [0.5, 0.6) is 0 Å². The van der Waals surface area contributed by atoms with E-state index in [0.717, 1.165) is 12.8 Å². The summed E-state index contributed by atoms with van der Waals surface area (Å²) < 4.78 is 5.18. The van der Waals surface area contributed by atoms with Gasteiger partial charge in [-0.25, -0.2) is 4.79 Å². The van der Waals surface area contributed by atoms with Crippen LogP contribution in [0.2, 0.25) is 0 Å². The molecule has 2 saturated heterocycles. The number of carbonyl (C=O) groups is 2. The van der Waals surface area contributed by atoms with Gasteiger partial charge in [0.2, 0.25) is 5.91 Å². The highest BCUT2D eigenvalue weighted by atomic mass is 16.6. The number of fused-ring (bicyclic) bond motifs is 1. The predicted octanol–water partition coefficient (Wildman–Crippen LogP) is 0.906. The molecule has 4 nitrogen and oxygen atoms in total. The van der Waals surface area contributed by atoms with Gasteiger partial charge in [0.1, 0.15) is 6.04 Å². The van der Waals surface area contributed by atoms with Gasteiger partial charge < -0.3 is 4.74 Å². The van der Waals surface area contributed by atoms with Crippen LogP contribution in [0.15, 0.2) is 0 Å². The lowest BCUT2D eigenvalue weighted by Gasteiger charge is -2.31. The fourth-order valence-corrected chi connectivity index (χ4v) is 2.22. The minimum absolute atomic E-state index is 0.0609. The Balaban J connectivity index is 2.24. The average molecular weight is 197 g/mol. The monoisotopic (exact) mass is 197 g/mol. The summed E-state index contributed by atoms with van der Waals surface area (Å²) >= 11 is 0. The molecule has 0 N–H and O–H groups in total. The van der Waals surface area contributed by atoms with Gasteiger partial charge in [-0.1, -0.05) is 13.8 Å². The van der Waals surface area contributed by atoms with Gasteiger partial charge in [0.15, 0.2) is 6.23 Å². The molecule has 0 aromatic rings. The summed E-state index contributed by atoms with van der Waals surface area (Å²) in [5, 5.41) is 0. The lowest BCUT2D eigenvalue weighted by molar-refractivity contribution is -0.146. The summed E-state index contributed by atoms with van der Waals surface area (Å²) in [6.45, 7) is 3.88. The predicted molar refractivity (Wildman–Crippen MR) is 49.2 cm³/mol.